The average molecular weight is 235 g/mol. The topological polar surface area (TPSA) is 46.9 Å². The van der Waals surface area contributed by atoms with Gasteiger partial charge in [0.15, 0.2) is 5.78 Å². The van der Waals surface area contributed by atoms with Gasteiger partial charge in [0.1, 0.15) is 0 Å². The summed E-state index contributed by atoms with van der Waals surface area (Å²) >= 11 is 0. The zero-order chi connectivity index (χ0) is 12.1. The smallest absolute Gasteiger partial charge is 0.166 e. The third kappa shape index (κ3) is 3.40. The Bertz CT molecular complexity index is 366. The number of nitrogens with one attached hydrogen (secondary N) is 1. The summed E-state index contributed by atoms with van der Waals surface area (Å²) in [7, 11) is 0. The molecule has 1 unspecified atom stereocenters. The molecule has 1 saturated heterocycles. The molecular formula is C13H21N3O. The molecule has 1 N–H and O–H groups in total. The van der Waals surface area contributed by atoms with Gasteiger partial charge in [-0.1, -0.05) is 6.42 Å². The molecule has 1 atom stereocenters. The van der Waals surface area contributed by atoms with Crippen molar-refractivity contribution in [1.29, 1.82) is 0 Å². The van der Waals surface area contributed by atoms with E-state index < -0.39 is 0 Å². The molecule has 2 heterocycles. The van der Waals surface area contributed by atoms with E-state index >= 15 is 0 Å². The highest BCUT2D eigenvalue weighted by Gasteiger charge is 2.15. The Morgan fingerprint density at radius 3 is 3.12 bits per heavy atom. The molecule has 94 valence electrons. The van der Waals surface area contributed by atoms with Gasteiger partial charge in [0.2, 0.25) is 0 Å². The lowest BCUT2D eigenvalue weighted by molar-refractivity contribution is 0.0974. The van der Waals surface area contributed by atoms with Gasteiger partial charge in [-0.15, -0.1) is 0 Å². The molecule has 0 bridgehead atoms. The molecule has 2 rings (SSSR count). The molecule has 0 amide bonds. The summed E-state index contributed by atoms with van der Waals surface area (Å²) in [5, 5.41) is 7.60. The maximum Gasteiger partial charge on any atom is 0.166 e. The van der Waals surface area contributed by atoms with Crippen LogP contribution in [0.4, 0.5) is 0 Å². The van der Waals surface area contributed by atoms with Crippen LogP contribution in [0.15, 0.2) is 12.4 Å². The number of nitrogens with zero attached hydrogens (tertiary/aromatic N) is 2. The number of piperidine rings is 1. The van der Waals surface area contributed by atoms with Crippen LogP contribution in [-0.2, 0) is 6.54 Å². The van der Waals surface area contributed by atoms with Crippen molar-refractivity contribution < 1.29 is 4.79 Å². The van der Waals surface area contributed by atoms with Crippen LogP contribution < -0.4 is 5.32 Å². The first-order valence-electron chi connectivity index (χ1n) is 6.58. The van der Waals surface area contributed by atoms with E-state index in [2.05, 4.69) is 10.4 Å². The Labute approximate surface area is 102 Å². The Hall–Kier alpha value is -1.16. The summed E-state index contributed by atoms with van der Waals surface area (Å²) in [6.45, 7) is 3.94. The lowest BCUT2D eigenvalue weighted by Crippen LogP contribution is -2.34. The third-order valence-corrected chi connectivity index (χ3v) is 3.41. The number of rotatable bonds is 5. The van der Waals surface area contributed by atoms with E-state index in [0.717, 1.165) is 25.1 Å². The molecule has 1 aromatic heterocycles. The largest absolute Gasteiger partial charge is 0.314 e. The number of Topliss-reactive ketones (excluding diaryl/α,β-unsaturated/α-hetero) is 1. The van der Waals surface area contributed by atoms with Crippen molar-refractivity contribution in [2.75, 3.05) is 6.54 Å². The van der Waals surface area contributed by atoms with Crippen molar-refractivity contribution in [2.24, 2.45) is 0 Å². The zero-order valence-electron chi connectivity index (χ0n) is 10.5. The van der Waals surface area contributed by atoms with Crippen LogP contribution in [-0.4, -0.2) is 28.2 Å². The number of aromatic nitrogens is 2. The number of carbonyl (C=O) groups is 1. The van der Waals surface area contributed by atoms with Crippen LogP contribution in [0.25, 0.3) is 0 Å². The second-order valence-corrected chi connectivity index (χ2v) is 4.69. The van der Waals surface area contributed by atoms with Gasteiger partial charge in [0.05, 0.1) is 11.8 Å². The molecule has 0 spiro atoms. The maximum atomic E-state index is 11.9. The molecule has 4 nitrogen and oxygen atoms in total. The highest BCUT2D eigenvalue weighted by atomic mass is 16.1. The minimum absolute atomic E-state index is 0.220. The Morgan fingerprint density at radius 1 is 1.59 bits per heavy atom. The fourth-order valence-corrected chi connectivity index (χ4v) is 2.30. The normalized spacial score (nSPS) is 20.4. The van der Waals surface area contributed by atoms with E-state index in [1.807, 2.05) is 13.1 Å². The number of carbonyl (C=O) groups excluding carboxylic acids is 1. The van der Waals surface area contributed by atoms with Crippen molar-refractivity contribution in [3.63, 3.8) is 0 Å². The summed E-state index contributed by atoms with van der Waals surface area (Å²) in [5.41, 5.74) is 0.752. The Morgan fingerprint density at radius 2 is 2.47 bits per heavy atom. The van der Waals surface area contributed by atoms with E-state index in [9.17, 15) is 4.79 Å². The van der Waals surface area contributed by atoms with E-state index in [1.165, 1.54) is 19.3 Å². The van der Waals surface area contributed by atoms with Gasteiger partial charge in [-0.05, 0) is 32.7 Å². The standard InChI is InChI=1S/C13H21N3O/c1-2-16-10-11(9-15-16)13(17)7-6-12-5-3-4-8-14-12/h9-10,12,14H,2-8H2,1H3. The summed E-state index contributed by atoms with van der Waals surface area (Å²) in [6, 6.07) is 0.536. The van der Waals surface area contributed by atoms with Crippen LogP contribution in [0.5, 0.6) is 0 Å². The SMILES string of the molecule is CCn1cc(C(=O)CCC2CCCCN2)cn1. The molecule has 1 aliphatic heterocycles. The second-order valence-electron chi connectivity index (χ2n) is 4.69. The minimum Gasteiger partial charge on any atom is -0.314 e. The highest BCUT2D eigenvalue weighted by molar-refractivity contribution is 5.95. The summed E-state index contributed by atoms with van der Waals surface area (Å²) < 4.78 is 1.80. The van der Waals surface area contributed by atoms with Crippen molar-refractivity contribution in [1.82, 2.24) is 15.1 Å². The fourth-order valence-electron chi connectivity index (χ4n) is 2.30. The van der Waals surface area contributed by atoms with Gasteiger partial charge < -0.3 is 5.32 Å². The first kappa shape index (κ1) is 12.3. The second kappa shape index (κ2) is 5.96. The van der Waals surface area contributed by atoms with Crippen LogP contribution in [0, 0.1) is 0 Å². The zero-order valence-corrected chi connectivity index (χ0v) is 10.5. The molecular weight excluding hydrogens is 214 g/mol. The monoisotopic (exact) mass is 235 g/mol. The van der Waals surface area contributed by atoms with Crippen molar-refractivity contribution in [3.05, 3.63) is 18.0 Å². The van der Waals surface area contributed by atoms with Gasteiger partial charge in [-0.3, -0.25) is 9.48 Å². The lowest BCUT2D eigenvalue weighted by atomic mass is 9.98. The van der Waals surface area contributed by atoms with E-state index in [0.29, 0.717) is 12.5 Å². The van der Waals surface area contributed by atoms with Crippen LogP contribution in [0.1, 0.15) is 49.4 Å². The molecule has 1 fully saturated rings. The lowest BCUT2D eigenvalue weighted by Gasteiger charge is -2.22. The van der Waals surface area contributed by atoms with E-state index in [4.69, 9.17) is 0 Å². The molecule has 0 aliphatic carbocycles. The van der Waals surface area contributed by atoms with Gasteiger partial charge in [-0.25, -0.2) is 0 Å². The highest BCUT2D eigenvalue weighted by Crippen LogP contribution is 2.13. The Kier molecular flexibility index (Phi) is 4.31. The van der Waals surface area contributed by atoms with Crippen LogP contribution >= 0.6 is 0 Å². The number of hydrogen-bond donors (Lipinski definition) is 1. The van der Waals surface area contributed by atoms with E-state index in [-0.39, 0.29) is 5.78 Å². The number of ketones is 1. The maximum absolute atomic E-state index is 11.9. The van der Waals surface area contributed by atoms with Crippen molar-refractivity contribution in [2.45, 2.75) is 51.6 Å². The molecule has 0 radical (unpaired) electrons. The summed E-state index contributed by atoms with van der Waals surface area (Å²) in [5.74, 6) is 0.220. The molecule has 0 aromatic carbocycles. The van der Waals surface area contributed by atoms with Gasteiger partial charge in [0, 0.05) is 25.2 Å². The third-order valence-electron chi connectivity index (χ3n) is 3.41. The average Bonchev–Trinajstić information content (AvgIpc) is 2.86. The molecule has 4 heteroatoms. The quantitative estimate of drug-likeness (QED) is 0.794. The molecule has 17 heavy (non-hydrogen) atoms. The fraction of sp³-hybridized carbons (Fsp3) is 0.692. The number of aryl methyl sites for hydroxylation is 1. The van der Waals surface area contributed by atoms with Crippen LogP contribution in [0.3, 0.4) is 0 Å². The van der Waals surface area contributed by atoms with E-state index in [1.54, 1.807) is 10.9 Å². The molecule has 1 aromatic rings. The minimum atomic E-state index is 0.220. The van der Waals surface area contributed by atoms with Gasteiger partial charge in [0.25, 0.3) is 0 Å². The molecule has 1 aliphatic rings. The number of hydrogen-bond acceptors (Lipinski definition) is 3. The summed E-state index contributed by atoms with van der Waals surface area (Å²) in [6.07, 6.45) is 8.88. The summed E-state index contributed by atoms with van der Waals surface area (Å²) in [4.78, 5) is 11.9. The van der Waals surface area contributed by atoms with Crippen molar-refractivity contribution >= 4 is 5.78 Å². The van der Waals surface area contributed by atoms with Gasteiger partial charge >= 0.3 is 0 Å². The predicted molar refractivity (Wildman–Crippen MR) is 67.1 cm³/mol. The van der Waals surface area contributed by atoms with Crippen molar-refractivity contribution in [3.8, 4) is 0 Å². The first-order valence-corrected chi connectivity index (χ1v) is 6.58. The predicted octanol–water partition coefficient (Wildman–Crippen LogP) is 2.01. The Balaban J connectivity index is 1.80. The van der Waals surface area contributed by atoms with Crippen LogP contribution in [0.2, 0.25) is 0 Å². The first-order chi connectivity index (χ1) is 8.29. The van der Waals surface area contributed by atoms with Gasteiger partial charge in [-0.2, -0.15) is 5.10 Å². The molecule has 0 saturated carbocycles.